The van der Waals surface area contributed by atoms with Crippen molar-refractivity contribution >= 4 is 28.9 Å². The van der Waals surface area contributed by atoms with Crippen LogP contribution in [0.4, 0.5) is 8.78 Å². The summed E-state index contributed by atoms with van der Waals surface area (Å²) in [7, 11) is 0. The number of nitrogens with two attached hydrogens (primary N) is 2. The largest absolute Gasteiger partial charge is 0.456 e. The minimum Gasteiger partial charge on any atom is -0.456 e. The summed E-state index contributed by atoms with van der Waals surface area (Å²) in [5.41, 5.74) is 11.4. The van der Waals surface area contributed by atoms with Crippen molar-refractivity contribution in [1.29, 1.82) is 0 Å². The smallest absolute Gasteiger partial charge is 0.251 e. The van der Waals surface area contributed by atoms with Crippen LogP contribution in [0.5, 0.6) is 11.5 Å². The van der Waals surface area contributed by atoms with Gasteiger partial charge in [-0.25, -0.2) is 8.78 Å². The van der Waals surface area contributed by atoms with Crippen LogP contribution < -0.4 is 21.5 Å². The van der Waals surface area contributed by atoms with Crippen LogP contribution in [0.25, 0.3) is 10.9 Å². The van der Waals surface area contributed by atoms with Crippen molar-refractivity contribution in [3.63, 3.8) is 0 Å². The molecule has 0 aliphatic carbocycles. The number of primary amides is 1. The zero-order valence-corrected chi connectivity index (χ0v) is 20.4. The first-order chi connectivity index (χ1) is 16.9. The summed E-state index contributed by atoms with van der Waals surface area (Å²) in [6, 6.07) is 6.48. The molecule has 3 aromatic rings. The van der Waals surface area contributed by atoms with Gasteiger partial charge in [0.2, 0.25) is 5.91 Å². The van der Waals surface area contributed by atoms with Crippen molar-refractivity contribution in [2.75, 3.05) is 0 Å². The van der Waals surface area contributed by atoms with Gasteiger partial charge in [0.25, 0.3) is 5.91 Å². The fourth-order valence-electron chi connectivity index (χ4n) is 3.27. The van der Waals surface area contributed by atoms with E-state index in [0.717, 1.165) is 12.1 Å². The van der Waals surface area contributed by atoms with Gasteiger partial charge in [-0.2, -0.15) is 0 Å². The van der Waals surface area contributed by atoms with Crippen molar-refractivity contribution in [2.45, 2.75) is 39.7 Å². The van der Waals surface area contributed by atoms with E-state index in [1.54, 1.807) is 6.92 Å². The standard InChI is InChI=1S/C26H27F2N5O3/c1-14-7-15(8-24(34)33-16(12-29)13-32-26(2,3)4)19(27)11-23(14)36-22-5-6-31-21-10-20(28)17(25(30)35)9-18(21)22/h5-7,9-13H,8,29H2,1-4H3,(H2,30,35)(H,33,34)/b16-12+,32-13?. The average Bonchev–Trinajstić information content (AvgIpc) is 2.78. The van der Waals surface area contributed by atoms with Gasteiger partial charge in [0.05, 0.1) is 28.7 Å². The number of amides is 2. The lowest BCUT2D eigenvalue weighted by Crippen LogP contribution is -2.27. The Balaban J connectivity index is 1.83. The first kappa shape index (κ1) is 26.3. The highest BCUT2D eigenvalue weighted by molar-refractivity contribution is 5.98. The summed E-state index contributed by atoms with van der Waals surface area (Å²) in [5, 5.41) is 2.93. The van der Waals surface area contributed by atoms with E-state index in [2.05, 4.69) is 15.3 Å². The molecule has 36 heavy (non-hydrogen) atoms. The maximum Gasteiger partial charge on any atom is 0.251 e. The van der Waals surface area contributed by atoms with Crippen LogP contribution in [0, 0.1) is 18.6 Å². The van der Waals surface area contributed by atoms with Gasteiger partial charge < -0.3 is 21.5 Å². The molecule has 2 aromatic carbocycles. The average molecular weight is 496 g/mol. The third-order valence-corrected chi connectivity index (χ3v) is 5.02. The van der Waals surface area contributed by atoms with Gasteiger partial charge in [0, 0.05) is 36.1 Å². The lowest BCUT2D eigenvalue weighted by Gasteiger charge is -2.14. The van der Waals surface area contributed by atoms with Crippen molar-refractivity contribution < 1.29 is 23.1 Å². The predicted octanol–water partition coefficient (Wildman–Crippen LogP) is 4.04. The van der Waals surface area contributed by atoms with Gasteiger partial charge >= 0.3 is 0 Å². The third-order valence-electron chi connectivity index (χ3n) is 5.02. The molecule has 0 aliphatic rings. The third kappa shape index (κ3) is 6.41. The highest BCUT2D eigenvalue weighted by Crippen LogP contribution is 2.33. The van der Waals surface area contributed by atoms with Gasteiger partial charge in [-0.05, 0) is 57.0 Å². The Morgan fingerprint density at radius 2 is 1.86 bits per heavy atom. The first-order valence-electron chi connectivity index (χ1n) is 11.0. The number of aliphatic imine (C=N–C) groups is 1. The minimum absolute atomic E-state index is 0.152. The van der Waals surface area contributed by atoms with Crippen LogP contribution in [0.15, 0.2) is 53.4 Å². The highest BCUT2D eigenvalue weighted by atomic mass is 19.1. The molecular formula is C26H27F2N5O3. The van der Waals surface area contributed by atoms with Crippen LogP contribution in [-0.4, -0.2) is 28.6 Å². The number of carbonyl (C=O) groups excluding carboxylic acids is 2. The molecule has 0 unspecified atom stereocenters. The van der Waals surface area contributed by atoms with Gasteiger partial charge in [0.1, 0.15) is 23.1 Å². The zero-order chi connectivity index (χ0) is 26.6. The molecule has 0 saturated carbocycles. The number of nitrogens with zero attached hydrogens (tertiary/aromatic N) is 2. The summed E-state index contributed by atoms with van der Waals surface area (Å²) >= 11 is 0. The van der Waals surface area contributed by atoms with Gasteiger partial charge in [0.15, 0.2) is 0 Å². The second kappa shape index (κ2) is 10.5. The zero-order valence-electron chi connectivity index (χ0n) is 20.4. The molecule has 0 spiro atoms. The molecule has 8 nitrogen and oxygen atoms in total. The molecule has 3 rings (SSSR count). The fourth-order valence-corrected chi connectivity index (χ4v) is 3.27. The maximum atomic E-state index is 14.9. The number of fused-ring (bicyclic) bond motifs is 1. The van der Waals surface area contributed by atoms with E-state index in [-0.39, 0.29) is 40.1 Å². The molecule has 0 fully saturated rings. The number of halogens is 2. The SMILES string of the molecule is Cc1cc(CC(=O)N/C(C=NC(C)(C)C)=C/N)c(F)cc1Oc1ccnc2cc(F)c(C(N)=O)cc12. The summed E-state index contributed by atoms with van der Waals surface area (Å²) in [6.45, 7) is 7.37. The molecule has 0 atom stereocenters. The predicted molar refractivity (Wildman–Crippen MR) is 134 cm³/mol. The number of pyridine rings is 1. The number of aryl methyl sites for hydroxylation is 1. The van der Waals surface area contributed by atoms with Gasteiger partial charge in [-0.3, -0.25) is 19.6 Å². The first-order valence-corrected chi connectivity index (χ1v) is 11.0. The van der Waals surface area contributed by atoms with E-state index in [9.17, 15) is 18.4 Å². The number of rotatable bonds is 7. The van der Waals surface area contributed by atoms with E-state index >= 15 is 0 Å². The van der Waals surface area contributed by atoms with E-state index in [0.29, 0.717) is 16.6 Å². The molecule has 1 heterocycles. The molecule has 0 aliphatic heterocycles. The van der Waals surface area contributed by atoms with Crippen LogP contribution >= 0.6 is 0 Å². The van der Waals surface area contributed by atoms with Crippen molar-refractivity contribution in [3.05, 3.63) is 76.8 Å². The Morgan fingerprint density at radius 3 is 2.50 bits per heavy atom. The Kier molecular flexibility index (Phi) is 7.67. The molecule has 0 bridgehead atoms. The lowest BCUT2D eigenvalue weighted by atomic mass is 10.1. The number of hydrogen-bond donors (Lipinski definition) is 3. The molecule has 0 radical (unpaired) electrons. The number of hydrogen-bond acceptors (Lipinski definition) is 6. The molecule has 188 valence electrons. The van der Waals surface area contributed by atoms with Crippen molar-refractivity contribution in [3.8, 4) is 11.5 Å². The number of benzene rings is 2. The normalized spacial score (nSPS) is 12.2. The molecule has 2 amide bonds. The Labute approximate surface area is 207 Å². The number of nitrogens with one attached hydrogen (secondary N) is 1. The lowest BCUT2D eigenvalue weighted by molar-refractivity contribution is -0.119. The molecule has 10 heteroatoms. The monoisotopic (exact) mass is 495 g/mol. The molecular weight excluding hydrogens is 468 g/mol. The highest BCUT2D eigenvalue weighted by Gasteiger charge is 2.17. The quantitative estimate of drug-likeness (QED) is 0.426. The van der Waals surface area contributed by atoms with Crippen molar-refractivity contribution in [2.24, 2.45) is 16.5 Å². The summed E-state index contributed by atoms with van der Waals surface area (Å²) in [6.07, 6.45) is 3.81. The van der Waals surface area contributed by atoms with Crippen LogP contribution in [0.3, 0.4) is 0 Å². The summed E-state index contributed by atoms with van der Waals surface area (Å²) in [4.78, 5) is 32.4. The maximum absolute atomic E-state index is 14.9. The Bertz CT molecular complexity index is 1390. The van der Waals surface area contributed by atoms with E-state index in [1.807, 2.05) is 20.8 Å². The van der Waals surface area contributed by atoms with Crippen LogP contribution in [0.1, 0.15) is 42.3 Å². The van der Waals surface area contributed by atoms with Crippen molar-refractivity contribution in [1.82, 2.24) is 10.3 Å². The Hall–Kier alpha value is -4.34. The van der Waals surface area contributed by atoms with E-state index in [1.165, 1.54) is 36.8 Å². The van der Waals surface area contributed by atoms with Gasteiger partial charge in [-0.15, -0.1) is 0 Å². The summed E-state index contributed by atoms with van der Waals surface area (Å²) in [5.74, 6) is -2.47. The minimum atomic E-state index is -0.939. The van der Waals surface area contributed by atoms with E-state index < -0.39 is 23.4 Å². The van der Waals surface area contributed by atoms with Crippen LogP contribution in [0.2, 0.25) is 0 Å². The Morgan fingerprint density at radius 1 is 1.14 bits per heavy atom. The molecule has 5 N–H and O–H groups in total. The fraction of sp³-hybridized carbons (Fsp3) is 0.231. The topological polar surface area (TPSA) is 133 Å². The number of carbonyl (C=O) groups is 2. The van der Waals surface area contributed by atoms with Crippen LogP contribution in [-0.2, 0) is 11.2 Å². The second-order valence-electron chi connectivity index (χ2n) is 9.11. The molecule has 0 saturated heterocycles. The number of allylic oxidation sites excluding steroid dienone is 1. The number of aromatic nitrogens is 1. The molecule has 1 aromatic heterocycles. The van der Waals surface area contributed by atoms with Gasteiger partial charge in [-0.1, -0.05) is 0 Å². The second-order valence-corrected chi connectivity index (χ2v) is 9.11. The summed E-state index contributed by atoms with van der Waals surface area (Å²) < 4.78 is 34.9. The number of ether oxygens (including phenoxy) is 1. The van der Waals surface area contributed by atoms with E-state index in [4.69, 9.17) is 16.2 Å².